The van der Waals surface area contributed by atoms with Crippen LogP contribution < -0.4 is 16.0 Å². The predicted molar refractivity (Wildman–Crippen MR) is 146 cm³/mol. The maximum absolute atomic E-state index is 13.3. The molecule has 190 valence electrons. The minimum atomic E-state index is -1.16. The van der Waals surface area contributed by atoms with E-state index in [0.29, 0.717) is 18.5 Å². The van der Waals surface area contributed by atoms with E-state index in [1.165, 1.54) is 0 Å². The van der Waals surface area contributed by atoms with Crippen LogP contribution in [0.1, 0.15) is 53.6 Å². The van der Waals surface area contributed by atoms with Crippen LogP contribution >= 0.6 is 0 Å². The molecule has 0 unspecified atom stereocenters. The SMILES string of the molecule is Cc1cccc(C)c1NC(=O)Nc1cc(-c2ccccc2)ccc1C(=O)NC(C(=O)O)=C1CCCCC1. The normalized spacial score (nSPS) is 13.0. The van der Waals surface area contributed by atoms with E-state index in [1.54, 1.807) is 18.2 Å². The number of para-hydroxylation sites is 1. The van der Waals surface area contributed by atoms with E-state index in [0.717, 1.165) is 47.1 Å². The first-order valence-corrected chi connectivity index (χ1v) is 12.4. The third kappa shape index (κ3) is 6.25. The number of aliphatic carboxylic acids is 1. The maximum atomic E-state index is 13.3. The molecule has 4 N–H and O–H groups in total. The lowest BCUT2D eigenvalue weighted by Crippen LogP contribution is -2.30. The number of amides is 3. The lowest BCUT2D eigenvalue weighted by molar-refractivity contribution is -0.133. The van der Waals surface area contributed by atoms with Gasteiger partial charge in [0, 0.05) is 5.69 Å². The maximum Gasteiger partial charge on any atom is 0.352 e. The van der Waals surface area contributed by atoms with Crippen molar-refractivity contribution >= 4 is 29.3 Å². The lowest BCUT2D eigenvalue weighted by Gasteiger charge is -2.19. The van der Waals surface area contributed by atoms with E-state index in [-0.39, 0.29) is 16.9 Å². The summed E-state index contributed by atoms with van der Waals surface area (Å²) in [7, 11) is 0. The fourth-order valence-electron chi connectivity index (χ4n) is 4.64. The van der Waals surface area contributed by atoms with Gasteiger partial charge >= 0.3 is 12.0 Å². The van der Waals surface area contributed by atoms with Gasteiger partial charge in [-0.1, -0.05) is 61.0 Å². The average molecular weight is 498 g/mol. The molecule has 4 rings (SSSR count). The molecule has 0 aromatic heterocycles. The van der Waals surface area contributed by atoms with Gasteiger partial charge in [0.25, 0.3) is 5.91 Å². The summed E-state index contributed by atoms with van der Waals surface area (Å²) in [6.45, 7) is 3.81. The van der Waals surface area contributed by atoms with Crippen LogP contribution in [0.3, 0.4) is 0 Å². The van der Waals surface area contributed by atoms with E-state index < -0.39 is 17.9 Å². The summed E-state index contributed by atoms with van der Waals surface area (Å²) in [4.78, 5) is 38.3. The van der Waals surface area contributed by atoms with E-state index >= 15 is 0 Å². The summed E-state index contributed by atoms with van der Waals surface area (Å²) in [5.41, 5.74) is 5.38. The molecule has 0 bridgehead atoms. The Labute approximate surface area is 216 Å². The van der Waals surface area contributed by atoms with Crippen LogP contribution in [0.4, 0.5) is 16.2 Å². The molecule has 0 aliphatic heterocycles. The molecule has 1 aliphatic rings. The smallest absolute Gasteiger partial charge is 0.352 e. The Hall–Kier alpha value is -4.39. The lowest BCUT2D eigenvalue weighted by atomic mass is 9.93. The van der Waals surface area contributed by atoms with Gasteiger partial charge in [0.05, 0.1) is 11.3 Å². The van der Waals surface area contributed by atoms with Gasteiger partial charge < -0.3 is 21.1 Å². The largest absolute Gasteiger partial charge is 0.477 e. The molecule has 7 nitrogen and oxygen atoms in total. The number of rotatable bonds is 6. The van der Waals surface area contributed by atoms with Crippen LogP contribution in [-0.4, -0.2) is 23.0 Å². The van der Waals surface area contributed by atoms with E-state index in [2.05, 4.69) is 16.0 Å². The van der Waals surface area contributed by atoms with E-state index in [1.807, 2.05) is 62.4 Å². The fourth-order valence-corrected chi connectivity index (χ4v) is 4.64. The summed E-state index contributed by atoms with van der Waals surface area (Å²) in [6, 6.07) is 20.0. The van der Waals surface area contributed by atoms with Gasteiger partial charge in [-0.05, 0) is 79.5 Å². The Balaban J connectivity index is 1.67. The molecule has 0 saturated heterocycles. The third-order valence-corrected chi connectivity index (χ3v) is 6.60. The monoisotopic (exact) mass is 497 g/mol. The van der Waals surface area contributed by atoms with Gasteiger partial charge in [0.2, 0.25) is 0 Å². The predicted octanol–water partition coefficient (Wildman–Crippen LogP) is 6.65. The third-order valence-electron chi connectivity index (χ3n) is 6.60. The summed E-state index contributed by atoms with van der Waals surface area (Å²) >= 11 is 0. The van der Waals surface area contributed by atoms with Crippen molar-refractivity contribution in [2.24, 2.45) is 0 Å². The topological polar surface area (TPSA) is 108 Å². The highest BCUT2D eigenvalue weighted by molar-refractivity contribution is 6.09. The van der Waals surface area contributed by atoms with Crippen molar-refractivity contribution in [3.63, 3.8) is 0 Å². The molecular weight excluding hydrogens is 466 g/mol. The molecular formula is C30H31N3O4. The van der Waals surface area contributed by atoms with Crippen molar-refractivity contribution in [1.82, 2.24) is 5.32 Å². The summed E-state index contributed by atoms with van der Waals surface area (Å²) in [5, 5.41) is 18.1. The standard InChI is InChI=1S/C30H31N3O4/c1-19-10-9-11-20(2)26(19)33-30(37)31-25-18-23(21-12-5-3-6-13-21)16-17-24(25)28(34)32-27(29(35)36)22-14-7-4-8-15-22/h3,5-6,9-13,16-18H,4,7-8,14-15H2,1-2H3,(H,32,34)(H,35,36)(H2,31,33,37). The van der Waals surface area contributed by atoms with Crippen molar-refractivity contribution in [3.8, 4) is 11.1 Å². The minimum Gasteiger partial charge on any atom is -0.477 e. The number of allylic oxidation sites excluding steroid dienone is 1. The van der Waals surface area contributed by atoms with Crippen LogP contribution in [0, 0.1) is 13.8 Å². The number of urea groups is 1. The van der Waals surface area contributed by atoms with Gasteiger partial charge in [0.15, 0.2) is 0 Å². The van der Waals surface area contributed by atoms with Gasteiger partial charge in [-0.3, -0.25) is 4.79 Å². The van der Waals surface area contributed by atoms with Gasteiger partial charge in [0.1, 0.15) is 5.70 Å². The summed E-state index contributed by atoms with van der Waals surface area (Å²) in [5.74, 6) is -1.74. The van der Waals surface area contributed by atoms with Crippen molar-refractivity contribution < 1.29 is 19.5 Å². The van der Waals surface area contributed by atoms with Crippen LogP contribution in [-0.2, 0) is 4.79 Å². The number of hydrogen-bond donors (Lipinski definition) is 4. The zero-order valence-electron chi connectivity index (χ0n) is 21.1. The Morgan fingerprint density at radius 1 is 0.757 bits per heavy atom. The Morgan fingerprint density at radius 3 is 2.08 bits per heavy atom. The molecule has 1 aliphatic carbocycles. The molecule has 3 aromatic carbocycles. The second-order valence-electron chi connectivity index (χ2n) is 9.27. The first kappa shape index (κ1) is 25.7. The fraction of sp³-hybridized carbons (Fsp3) is 0.233. The number of hydrogen-bond acceptors (Lipinski definition) is 3. The molecule has 0 heterocycles. The Kier molecular flexibility index (Phi) is 8.03. The molecule has 1 fully saturated rings. The molecule has 0 spiro atoms. The number of carboxylic acid groups (broad SMARTS) is 1. The molecule has 0 radical (unpaired) electrons. The second-order valence-corrected chi connectivity index (χ2v) is 9.27. The molecule has 7 heteroatoms. The number of aryl methyl sites for hydroxylation is 2. The molecule has 3 aromatic rings. The van der Waals surface area contributed by atoms with E-state index in [4.69, 9.17) is 0 Å². The molecule has 0 atom stereocenters. The number of anilines is 2. The highest BCUT2D eigenvalue weighted by Gasteiger charge is 2.22. The number of carboxylic acids is 1. The van der Waals surface area contributed by atoms with Crippen molar-refractivity contribution in [3.05, 3.63) is 94.7 Å². The van der Waals surface area contributed by atoms with Crippen LogP contribution in [0.25, 0.3) is 11.1 Å². The highest BCUT2D eigenvalue weighted by Crippen LogP contribution is 2.28. The van der Waals surface area contributed by atoms with Gasteiger partial charge in [-0.15, -0.1) is 0 Å². The second kappa shape index (κ2) is 11.6. The van der Waals surface area contributed by atoms with Crippen molar-refractivity contribution in [1.29, 1.82) is 0 Å². The van der Waals surface area contributed by atoms with Crippen LogP contribution in [0.5, 0.6) is 0 Å². The first-order chi connectivity index (χ1) is 17.8. The minimum absolute atomic E-state index is 0.0669. The Bertz CT molecular complexity index is 1330. The Morgan fingerprint density at radius 2 is 1.43 bits per heavy atom. The number of benzene rings is 3. The van der Waals surface area contributed by atoms with Gasteiger partial charge in [-0.2, -0.15) is 0 Å². The van der Waals surface area contributed by atoms with Crippen molar-refractivity contribution in [2.75, 3.05) is 10.6 Å². The quantitative estimate of drug-likeness (QED) is 0.286. The first-order valence-electron chi connectivity index (χ1n) is 12.4. The van der Waals surface area contributed by atoms with Crippen LogP contribution in [0.15, 0.2) is 78.0 Å². The number of nitrogens with one attached hydrogen (secondary N) is 3. The van der Waals surface area contributed by atoms with Crippen LogP contribution in [0.2, 0.25) is 0 Å². The highest BCUT2D eigenvalue weighted by atomic mass is 16.4. The molecule has 37 heavy (non-hydrogen) atoms. The molecule has 3 amide bonds. The van der Waals surface area contributed by atoms with Gasteiger partial charge in [-0.25, -0.2) is 9.59 Å². The zero-order chi connectivity index (χ0) is 26.4. The number of carbonyl (C=O) groups excluding carboxylic acids is 2. The summed E-state index contributed by atoms with van der Waals surface area (Å²) < 4.78 is 0. The van der Waals surface area contributed by atoms with E-state index in [9.17, 15) is 19.5 Å². The summed E-state index contributed by atoms with van der Waals surface area (Å²) in [6.07, 6.45) is 4.16. The number of carbonyl (C=O) groups is 3. The molecule has 1 saturated carbocycles. The zero-order valence-corrected chi connectivity index (χ0v) is 21.1. The van der Waals surface area contributed by atoms with Crippen molar-refractivity contribution in [2.45, 2.75) is 46.0 Å². The average Bonchev–Trinajstić information content (AvgIpc) is 2.90.